The largest absolute Gasteiger partial charge is 0.354 e. The third-order valence-corrected chi connectivity index (χ3v) is 5.48. The summed E-state index contributed by atoms with van der Waals surface area (Å²) in [6.07, 6.45) is 0.713. The van der Waals surface area contributed by atoms with Gasteiger partial charge in [-0.1, -0.05) is 6.92 Å². The summed E-state index contributed by atoms with van der Waals surface area (Å²) in [6, 6.07) is 1.29. The predicted octanol–water partition coefficient (Wildman–Crippen LogP) is 1.49. The van der Waals surface area contributed by atoms with Crippen LogP contribution >= 0.6 is 11.3 Å². The van der Waals surface area contributed by atoms with Crippen LogP contribution in [0.15, 0.2) is 11.0 Å². The first kappa shape index (κ1) is 15.1. The van der Waals surface area contributed by atoms with Crippen LogP contribution in [-0.2, 0) is 10.0 Å². The second-order valence-corrected chi connectivity index (χ2v) is 6.98. The van der Waals surface area contributed by atoms with Crippen molar-refractivity contribution in [3.05, 3.63) is 15.8 Å². The Morgan fingerprint density at radius 3 is 2.61 bits per heavy atom. The van der Waals surface area contributed by atoms with E-state index in [0.29, 0.717) is 16.2 Å². The molecular weight excluding hydrogens is 272 g/mol. The number of hydrogen-bond donors (Lipinski definition) is 2. The molecule has 2 N–H and O–H groups in total. The molecule has 0 bridgehead atoms. The molecule has 1 atom stereocenters. The van der Waals surface area contributed by atoms with Crippen molar-refractivity contribution >= 4 is 27.3 Å². The summed E-state index contributed by atoms with van der Waals surface area (Å²) in [6.45, 7) is 5.41. The van der Waals surface area contributed by atoms with E-state index in [1.807, 2.05) is 6.92 Å². The van der Waals surface area contributed by atoms with Crippen molar-refractivity contribution < 1.29 is 13.2 Å². The Morgan fingerprint density at radius 2 is 2.11 bits per heavy atom. The smallest absolute Gasteiger partial charge is 0.261 e. The summed E-state index contributed by atoms with van der Waals surface area (Å²) in [5.74, 6) is -0.270. The first-order chi connectivity index (χ1) is 8.31. The van der Waals surface area contributed by atoms with E-state index in [9.17, 15) is 13.2 Å². The van der Waals surface area contributed by atoms with Gasteiger partial charge in [0.05, 0.1) is 9.77 Å². The fourth-order valence-electron chi connectivity index (χ4n) is 1.38. The standard InChI is InChI=1S/C11H18N2O3S2/c1-5-7(2)13-18(15,16)10-6-9(11(14)12-4)17-8(10)3/h6-7,13H,5H2,1-4H3,(H,12,14)/t7-/m0/s1. The lowest BCUT2D eigenvalue weighted by molar-refractivity contribution is 0.0967. The van der Waals surface area contributed by atoms with Gasteiger partial charge in [-0.25, -0.2) is 13.1 Å². The molecule has 0 unspecified atom stereocenters. The number of hydrogen-bond acceptors (Lipinski definition) is 4. The average molecular weight is 290 g/mol. The van der Waals surface area contributed by atoms with Crippen LogP contribution in [-0.4, -0.2) is 27.4 Å². The van der Waals surface area contributed by atoms with Crippen molar-refractivity contribution in [3.8, 4) is 0 Å². The fourth-order valence-corrected chi connectivity index (χ4v) is 4.24. The van der Waals surface area contributed by atoms with E-state index in [4.69, 9.17) is 0 Å². The number of carbonyl (C=O) groups is 1. The SMILES string of the molecule is CC[C@H](C)NS(=O)(=O)c1cc(C(=O)NC)sc1C. The summed E-state index contributed by atoms with van der Waals surface area (Å²) in [5, 5.41) is 2.48. The maximum absolute atomic E-state index is 12.1. The number of thiophene rings is 1. The monoisotopic (exact) mass is 290 g/mol. The number of nitrogens with one attached hydrogen (secondary N) is 2. The van der Waals surface area contributed by atoms with Gasteiger partial charge in [-0.15, -0.1) is 11.3 Å². The van der Waals surface area contributed by atoms with Crippen LogP contribution in [0.4, 0.5) is 0 Å². The van der Waals surface area contributed by atoms with Gasteiger partial charge < -0.3 is 5.32 Å². The highest BCUT2D eigenvalue weighted by atomic mass is 32.2. The lowest BCUT2D eigenvalue weighted by Crippen LogP contribution is -2.32. The molecule has 1 aromatic rings. The summed E-state index contributed by atoms with van der Waals surface area (Å²) in [4.78, 5) is 12.7. The fraction of sp³-hybridized carbons (Fsp3) is 0.545. The highest BCUT2D eigenvalue weighted by Crippen LogP contribution is 2.25. The number of amides is 1. The minimum absolute atomic E-state index is 0.127. The molecular formula is C11H18N2O3S2. The van der Waals surface area contributed by atoms with E-state index in [-0.39, 0.29) is 16.8 Å². The molecule has 1 heterocycles. The average Bonchev–Trinajstić information content (AvgIpc) is 2.70. The van der Waals surface area contributed by atoms with Gasteiger partial charge in [0, 0.05) is 18.0 Å². The van der Waals surface area contributed by atoms with Crippen LogP contribution in [0.25, 0.3) is 0 Å². The molecule has 18 heavy (non-hydrogen) atoms. The van der Waals surface area contributed by atoms with Crippen molar-refractivity contribution in [3.63, 3.8) is 0 Å². The van der Waals surface area contributed by atoms with Crippen LogP contribution in [0.5, 0.6) is 0 Å². The molecule has 102 valence electrons. The molecule has 1 amide bonds. The molecule has 7 heteroatoms. The number of aryl methyl sites for hydroxylation is 1. The summed E-state index contributed by atoms with van der Waals surface area (Å²) < 4.78 is 26.8. The van der Waals surface area contributed by atoms with Crippen molar-refractivity contribution in [1.29, 1.82) is 0 Å². The minimum Gasteiger partial charge on any atom is -0.354 e. The van der Waals surface area contributed by atoms with E-state index in [0.717, 1.165) is 0 Å². The van der Waals surface area contributed by atoms with E-state index < -0.39 is 10.0 Å². The maximum Gasteiger partial charge on any atom is 0.261 e. The van der Waals surface area contributed by atoms with Crippen LogP contribution in [0, 0.1) is 6.92 Å². The Hall–Kier alpha value is -0.920. The van der Waals surface area contributed by atoms with Crippen molar-refractivity contribution in [1.82, 2.24) is 10.0 Å². The number of rotatable bonds is 5. The molecule has 0 aliphatic heterocycles. The topological polar surface area (TPSA) is 75.3 Å². The second-order valence-electron chi connectivity index (χ2n) is 4.04. The number of sulfonamides is 1. The van der Waals surface area contributed by atoms with Gasteiger partial charge in [0.25, 0.3) is 5.91 Å². The molecule has 1 rings (SSSR count). The molecule has 0 aliphatic carbocycles. The van der Waals surface area contributed by atoms with Gasteiger partial charge in [-0.3, -0.25) is 4.79 Å². The van der Waals surface area contributed by atoms with Gasteiger partial charge in [-0.05, 0) is 26.3 Å². The summed E-state index contributed by atoms with van der Waals surface area (Å²) >= 11 is 1.18. The van der Waals surface area contributed by atoms with Gasteiger partial charge in [0.1, 0.15) is 0 Å². The summed E-state index contributed by atoms with van der Waals surface area (Å²) in [5.41, 5.74) is 0. The first-order valence-electron chi connectivity index (χ1n) is 5.66. The highest BCUT2D eigenvalue weighted by molar-refractivity contribution is 7.89. The van der Waals surface area contributed by atoms with Crippen LogP contribution in [0.3, 0.4) is 0 Å². The van der Waals surface area contributed by atoms with Crippen molar-refractivity contribution in [2.75, 3.05) is 7.05 Å². The third kappa shape index (κ3) is 3.30. The molecule has 0 radical (unpaired) electrons. The van der Waals surface area contributed by atoms with Crippen LogP contribution in [0.1, 0.15) is 34.8 Å². The Balaban J connectivity index is 3.10. The van der Waals surface area contributed by atoms with Crippen LogP contribution in [0.2, 0.25) is 0 Å². The lowest BCUT2D eigenvalue weighted by atomic mass is 10.3. The Morgan fingerprint density at radius 1 is 1.50 bits per heavy atom. The van der Waals surface area contributed by atoms with E-state index >= 15 is 0 Å². The van der Waals surface area contributed by atoms with Gasteiger partial charge >= 0.3 is 0 Å². The van der Waals surface area contributed by atoms with Crippen molar-refractivity contribution in [2.45, 2.75) is 38.1 Å². The molecule has 0 saturated carbocycles. The molecule has 0 fully saturated rings. The highest BCUT2D eigenvalue weighted by Gasteiger charge is 2.23. The van der Waals surface area contributed by atoms with Crippen LogP contribution < -0.4 is 10.0 Å². The van der Waals surface area contributed by atoms with Gasteiger partial charge in [0.2, 0.25) is 10.0 Å². The quantitative estimate of drug-likeness (QED) is 0.862. The zero-order chi connectivity index (χ0) is 13.9. The lowest BCUT2D eigenvalue weighted by Gasteiger charge is -2.11. The maximum atomic E-state index is 12.1. The predicted molar refractivity (Wildman–Crippen MR) is 72.5 cm³/mol. The normalized spacial score (nSPS) is 13.3. The Labute approximate surface area is 112 Å². The minimum atomic E-state index is -3.54. The Kier molecular flexibility index (Phi) is 4.89. The second kappa shape index (κ2) is 5.81. The van der Waals surface area contributed by atoms with E-state index in [1.165, 1.54) is 24.5 Å². The number of carbonyl (C=O) groups excluding carboxylic acids is 1. The molecule has 5 nitrogen and oxygen atoms in total. The van der Waals surface area contributed by atoms with E-state index in [2.05, 4.69) is 10.0 Å². The zero-order valence-corrected chi connectivity index (χ0v) is 12.5. The Bertz CT molecular complexity index is 534. The van der Waals surface area contributed by atoms with Crippen molar-refractivity contribution in [2.24, 2.45) is 0 Å². The van der Waals surface area contributed by atoms with Gasteiger partial charge in [-0.2, -0.15) is 0 Å². The first-order valence-corrected chi connectivity index (χ1v) is 7.96. The van der Waals surface area contributed by atoms with E-state index in [1.54, 1.807) is 13.8 Å². The molecule has 0 aliphatic rings. The molecule has 1 aromatic heterocycles. The van der Waals surface area contributed by atoms with Gasteiger partial charge in [0.15, 0.2) is 0 Å². The molecule has 0 saturated heterocycles. The zero-order valence-electron chi connectivity index (χ0n) is 10.9. The molecule has 0 aromatic carbocycles. The third-order valence-electron chi connectivity index (χ3n) is 2.58. The molecule has 0 spiro atoms. The summed E-state index contributed by atoms with van der Waals surface area (Å²) in [7, 11) is -2.03.